The highest BCUT2D eigenvalue weighted by atomic mass is 16.5. The average Bonchev–Trinajstić information content (AvgIpc) is 3.15. The number of hydrogen-bond acceptors (Lipinski definition) is 7. The molecule has 0 radical (unpaired) electrons. The Morgan fingerprint density at radius 3 is 2.56 bits per heavy atom. The second-order valence-corrected chi connectivity index (χ2v) is 7.14. The smallest absolute Gasteiger partial charge is 0.281 e. The van der Waals surface area contributed by atoms with Crippen LogP contribution in [0, 0.1) is 0 Å². The summed E-state index contributed by atoms with van der Waals surface area (Å²) in [6.07, 6.45) is 13.5. The number of benzene rings is 1. The molecule has 2 aromatic rings. The van der Waals surface area contributed by atoms with Gasteiger partial charge in [0.05, 0.1) is 22.7 Å². The van der Waals surface area contributed by atoms with Crippen LogP contribution in [-0.4, -0.2) is 46.0 Å². The van der Waals surface area contributed by atoms with Crippen molar-refractivity contribution >= 4 is 35.1 Å². The number of amides is 2. The lowest BCUT2D eigenvalue weighted by atomic mass is 10.2. The summed E-state index contributed by atoms with van der Waals surface area (Å²) in [7, 11) is 0. The van der Waals surface area contributed by atoms with Crippen LogP contribution in [0.4, 0.5) is 11.5 Å². The van der Waals surface area contributed by atoms with Gasteiger partial charge in [0.15, 0.2) is 5.49 Å². The van der Waals surface area contributed by atoms with Crippen molar-refractivity contribution in [1.82, 2.24) is 14.9 Å². The fourth-order valence-electron chi connectivity index (χ4n) is 3.48. The summed E-state index contributed by atoms with van der Waals surface area (Å²) >= 11 is 0. The van der Waals surface area contributed by atoms with E-state index in [0.29, 0.717) is 46.6 Å². The number of carbonyl (C=O) groups is 2. The van der Waals surface area contributed by atoms with E-state index in [1.807, 2.05) is 4.90 Å². The predicted octanol–water partition coefficient (Wildman–Crippen LogP) is 1.16. The molecule has 0 N–H and O–H groups in total. The monoisotopic (exact) mass is 426 g/mol. The van der Waals surface area contributed by atoms with E-state index in [9.17, 15) is 9.59 Å². The zero-order chi connectivity index (χ0) is 21.9. The van der Waals surface area contributed by atoms with Gasteiger partial charge in [0.2, 0.25) is 5.91 Å². The SMILES string of the molecule is O=C1N=c2ncnc3c2=C1/C=N\c1ccc(cc1)O/C=C\C=C/CC(=O)N1C=CN3CC1. The highest BCUT2D eigenvalue weighted by Crippen LogP contribution is 2.19. The molecular weight excluding hydrogens is 408 g/mol. The van der Waals surface area contributed by atoms with Crippen LogP contribution in [-0.2, 0) is 9.59 Å². The lowest BCUT2D eigenvalue weighted by Gasteiger charge is -2.29. The van der Waals surface area contributed by atoms with Gasteiger partial charge in [0.1, 0.15) is 17.9 Å². The predicted molar refractivity (Wildman–Crippen MR) is 118 cm³/mol. The molecule has 0 saturated heterocycles. The molecule has 6 aliphatic rings. The van der Waals surface area contributed by atoms with E-state index in [1.165, 1.54) is 12.5 Å². The molecule has 0 spiro atoms. The number of hydrogen-bond donors (Lipinski definition) is 0. The average molecular weight is 426 g/mol. The van der Waals surface area contributed by atoms with Gasteiger partial charge in [-0.05, 0) is 30.3 Å². The fourth-order valence-corrected chi connectivity index (χ4v) is 3.48. The van der Waals surface area contributed by atoms with Crippen molar-refractivity contribution < 1.29 is 14.3 Å². The molecule has 8 rings (SSSR count). The van der Waals surface area contributed by atoms with E-state index in [0.717, 1.165) is 0 Å². The quantitative estimate of drug-likeness (QED) is 0.627. The van der Waals surface area contributed by atoms with Crippen molar-refractivity contribution in [3.8, 4) is 5.75 Å². The molecule has 0 aliphatic carbocycles. The first kappa shape index (κ1) is 19.6. The number of carbonyl (C=O) groups excluding carboxylic acids is 2. The van der Waals surface area contributed by atoms with Crippen LogP contribution < -0.4 is 20.3 Å². The molecule has 0 saturated carbocycles. The normalized spacial score (nSPS) is 20.6. The maximum Gasteiger partial charge on any atom is 0.281 e. The number of aliphatic imine (C=N–C) groups is 1. The molecule has 6 aliphatic heterocycles. The molecule has 0 atom stereocenters. The third-order valence-corrected chi connectivity index (χ3v) is 5.12. The second kappa shape index (κ2) is 8.38. The van der Waals surface area contributed by atoms with Crippen molar-refractivity contribution in [3.63, 3.8) is 0 Å². The molecule has 0 unspecified atom stereocenters. The first-order chi connectivity index (χ1) is 15.7. The Balaban J connectivity index is 1.61. The van der Waals surface area contributed by atoms with E-state index >= 15 is 0 Å². The Hall–Kier alpha value is -4.40. The highest BCUT2D eigenvalue weighted by Gasteiger charge is 2.23. The summed E-state index contributed by atoms with van der Waals surface area (Å²) in [5, 5.41) is 0.535. The summed E-state index contributed by atoms with van der Waals surface area (Å²) in [5.41, 5.74) is 1.30. The third kappa shape index (κ3) is 3.83. The minimum atomic E-state index is -0.415. The fraction of sp³-hybridized carbons (Fsp3) is 0.130. The first-order valence-corrected chi connectivity index (χ1v) is 10.0. The zero-order valence-electron chi connectivity index (χ0n) is 17.0. The molecule has 2 amide bonds. The molecule has 158 valence electrons. The first-order valence-electron chi connectivity index (χ1n) is 10.0. The second-order valence-electron chi connectivity index (χ2n) is 7.14. The maximum atomic E-state index is 12.6. The molecule has 1 aromatic carbocycles. The van der Waals surface area contributed by atoms with Crippen LogP contribution in [0.2, 0.25) is 0 Å². The van der Waals surface area contributed by atoms with Crippen molar-refractivity contribution in [3.05, 3.63) is 78.2 Å². The summed E-state index contributed by atoms with van der Waals surface area (Å²) in [4.78, 5) is 45.6. The lowest BCUT2D eigenvalue weighted by molar-refractivity contribution is -0.127. The van der Waals surface area contributed by atoms with Crippen molar-refractivity contribution in [1.29, 1.82) is 0 Å². The largest absolute Gasteiger partial charge is 0.465 e. The van der Waals surface area contributed by atoms with E-state index in [4.69, 9.17) is 4.74 Å². The molecule has 32 heavy (non-hydrogen) atoms. The van der Waals surface area contributed by atoms with Gasteiger partial charge in [-0.15, -0.1) is 0 Å². The number of ether oxygens (including phenoxy) is 1. The molecule has 7 heterocycles. The van der Waals surface area contributed by atoms with E-state index < -0.39 is 5.91 Å². The Labute approximate surface area is 183 Å². The van der Waals surface area contributed by atoms with Crippen LogP contribution >= 0.6 is 0 Å². The minimum absolute atomic E-state index is 0.0195. The Morgan fingerprint density at radius 1 is 0.938 bits per heavy atom. The molecule has 4 bridgehead atoms. The standard InChI is InChI=1S/C23H18N6O3/c30-19-4-2-1-3-13-32-17-7-5-16(6-8-17)24-14-18-20-21(27-23(18)31)25-15-26-22(20)29-11-9-28(19)10-12-29/h1-3,5-9,11,13-15H,4,10,12H2/b2-1-,13-3-,24-14-. The van der Waals surface area contributed by atoms with Gasteiger partial charge in [-0.2, -0.15) is 4.99 Å². The summed E-state index contributed by atoms with van der Waals surface area (Å²) in [6, 6.07) is 7.13. The van der Waals surface area contributed by atoms with Gasteiger partial charge in [-0.1, -0.05) is 12.2 Å². The van der Waals surface area contributed by atoms with Crippen LogP contribution in [0.1, 0.15) is 6.42 Å². The molecule has 9 heteroatoms. The Kier molecular flexibility index (Phi) is 5.12. The topological polar surface area (TPSA) is 100 Å². The van der Waals surface area contributed by atoms with Gasteiger partial charge in [-0.3, -0.25) is 14.6 Å². The minimum Gasteiger partial charge on any atom is -0.465 e. The van der Waals surface area contributed by atoms with Gasteiger partial charge in [0, 0.05) is 38.1 Å². The molecule has 0 fully saturated rings. The van der Waals surface area contributed by atoms with Crippen molar-refractivity contribution in [2.24, 2.45) is 9.98 Å². The Bertz CT molecular complexity index is 1320. The van der Waals surface area contributed by atoms with Crippen LogP contribution in [0.25, 0.3) is 5.57 Å². The van der Waals surface area contributed by atoms with Crippen LogP contribution in [0.5, 0.6) is 5.75 Å². The number of anilines is 1. The van der Waals surface area contributed by atoms with Crippen LogP contribution in [0.15, 0.2) is 77.5 Å². The molecular formula is C23H18N6O3. The number of aromatic nitrogens is 2. The number of rotatable bonds is 0. The summed E-state index contributed by atoms with van der Waals surface area (Å²) in [5.74, 6) is 0.759. The van der Waals surface area contributed by atoms with E-state index in [-0.39, 0.29) is 12.3 Å². The summed E-state index contributed by atoms with van der Waals surface area (Å²) < 4.78 is 5.54. The third-order valence-electron chi connectivity index (χ3n) is 5.12. The van der Waals surface area contributed by atoms with E-state index in [2.05, 4.69) is 20.0 Å². The summed E-state index contributed by atoms with van der Waals surface area (Å²) in [6.45, 7) is 1.00. The van der Waals surface area contributed by atoms with E-state index in [1.54, 1.807) is 66.1 Å². The van der Waals surface area contributed by atoms with Gasteiger partial charge < -0.3 is 14.5 Å². The molecule has 9 nitrogen and oxygen atoms in total. The van der Waals surface area contributed by atoms with Gasteiger partial charge >= 0.3 is 0 Å². The number of nitrogens with zero attached hydrogens (tertiary/aromatic N) is 6. The van der Waals surface area contributed by atoms with Gasteiger partial charge in [0.25, 0.3) is 5.91 Å². The lowest BCUT2D eigenvalue weighted by Crippen LogP contribution is -2.42. The van der Waals surface area contributed by atoms with Gasteiger partial charge in [-0.25, -0.2) is 9.97 Å². The Morgan fingerprint density at radius 2 is 1.75 bits per heavy atom. The number of allylic oxidation sites excluding steroid dienone is 2. The molecule has 1 aromatic heterocycles. The maximum absolute atomic E-state index is 12.6. The van der Waals surface area contributed by atoms with Crippen molar-refractivity contribution in [2.75, 3.05) is 18.0 Å². The van der Waals surface area contributed by atoms with Crippen molar-refractivity contribution in [2.45, 2.75) is 6.42 Å². The zero-order valence-corrected chi connectivity index (χ0v) is 17.0. The van der Waals surface area contributed by atoms with Crippen LogP contribution in [0.3, 0.4) is 0 Å². The highest BCUT2D eigenvalue weighted by molar-refractivity contribution is 6.36.